The lowest BCUT2D eigenvalue weighted by molar-refractivity contribution is -0.135. The quantitative estimate of drug-likeness (QED) is 0.563. The fourth-order valence-electron chi connectivity index (χ4n) is 6.09. The maximum atomic E-state index is 13.5. The summed E-state index contributed by atoms with van der Waals surface area (Å²) in [7, 11) is 0. The highest BCUT2D eigenvalue weighted by molar-refractivity contribution is 6.06. The third-order valence-electron chi connectivity index (χ3n) is 8.43. The van der Waals surface area contributed by atoms with E-state index in [-0.39, 0.29) is 35.0 Å². The highest BCUT2D eigenvalue weighted by atomic mass is 19.1. The summed E-state index contributed by atoms with van der Waals surface area (Å²) in [5.74, 6) is 0.0150. The molecule has 192 valence electrons. The molecule has 2 fully saturated rings. The molecule has 2 amide bonds. The number of halogens is 1. The van der Waals surface area contributed by atoms with Gasteiger partial charge in [0.05, 0.1) is 17.9 Å². The van der Waals surface area contributed by atoms with Crippen molar-refractivity contribution in [1.29, 1.82) is 0 Å². The highest BCUT2D eigenvalue weighted by Gasteiger charge is 2.55. The Hall–Kier alpha value is -3.75. The minimum Gasteiger partial charge on any atom is -0.449 e. The monoisotopic (exact) mass is 503 g/mol. The van der Waals surface area contributed by atoms with E-state index in [1.165, 1.54) is 12.1 Å². The Bertz CT molecular complexity index is 1340. The summed E-state index contributed by atoms with van der Waals surface area (Å²) < 4.78 is 19.0. The van der Waals surface area contributed by atoms with Crippen molar-refractivity contribution in [3.8, 4) is 0 Å². The molecular formula is C28H30FN5O3. The predicted octanol–water partition coefficient (Wildman–Crippen LogP) is 4.23. The summed E-state index contributed by atoms with van der Waals surface area (Å²) in [5.41, 5.74) is 2.37. The summed E-state index contributed by atoms with van der Waals surface area (Å²) in [5, 5.41) is 10.3. The lowest BCUT2D eigenvalue weighted by Crippen LogP contribution is -2.47. The van der Waals surface area contributed by atoms with E-state index in [4.69, 9.17) is 4.42 Å². The Balaban J connectivity index is 1.02. The molecular weight excluding hydrogens is 473 g/mol. The zero-order valence-corrected chi connectivity index (χ0v) is 21.0. The second-order valence-corrected chi connectivity index (χ2v) is 10.6. The van der Waals surface area contributed by atoms with Gasteiger partial charge in [0.15, 0.2) is 11.3 Å². The van der Waals surface area contributed by atoms with Crippen LogP contribution >= 0.6 is 0 Å². The number of carbonyl (C=O) groups excluding carboxylic acids is 2. The van der Waals surface area contributed by atoms with Gasteiger partial charge in [-0.1, -0.05) is 0 Å². The van der Waals surface area contributed by atoms with E-state index in [0.29, 0.717) is 36.9 Å². The predicted molar refractivity (Wildman–Crippen MR) is 138 cm³/mol. The molecule has 1 aromatic carbocycles. The lowest BCUT2D eigenvalue weighted by atomic mass is 9.88. The van der Waals surface area contributed by atoms with E-state index in [1.54, 1.807) is 30.6 Å². The molecule has 3 unspecified atom stereocenters. The van der Waals surface area contributed by atoms with Gasteiger partial charge in [0.25, 0.3) is 5.91 Å². The van der Waals surface area contributed by atoms with Crippen LogP contribution < -0.4 is 10.3 Å². The number of pyridine rings is 1. The lowest BCUT2D eigenvalue weighted by Gasteiger charge is -2.35. The molecule has 3 aliphatic rings. The number of hydrogen-bond acceptors (Lipinski definition) is 6. The highest BCUT2D eigenvalue weighted by Crippen LogP contribution is 2.59. The molecule has 8 nitrogen and oxygen atoms in total. The van der Waals surface area contributed by atoms with E-state index in [2.05, 4.69) is 15.4 Å². The van der Waals surface area contributed by atoms with Gasteiger partial charge >= 0.3 is 0 Å². The number of fused-ring (bicyclic) bond motifs is 1. The zero-order chi connectivity index (χ0) is 25.7. The maximum Gasteiger partial charge on any atom is 0.287 e. The molecule has 9 heteroatoms. The molecule has 1 aliphatic carbocycles. The number of furan rings is 1. The molecule has 0 bridgehead atoms. The van der Waals surface area contributed by atoms with Crippen molar-refractivity contribution in [2.45, 2.75) is 39.2 Å². The molecule has 0 radical (unpaired) electrons. The van der Waals surface area contributed by atoms with Crippen molar-refractivity contribution in [1.82, 2.24) is 15.2 Å². The van der Waals surface area contributed by atoms with Gasteiger partial charge in [0.1, 0.15) is 11.7 Å². The SMILES string of the molecule is CC1=NN(c2ccc(F)cc2)C(C)C1C(=O)N1CCC2(CC1)CC2CNC(=O)c1cc2ccncc2o1. The van der Waals surface area contributed by atoms with Gasteiger partial charge in [0, 0.05) is 36.9 Å². The van der Waals surface area contributed by atoms with Crippen LogP contribution in [0, 0.1) is 23.1 Å². The van der Waals surface area contributed by atoms with Crippen molar-refractivity contribution in [3.05, 3.63) is 60.4 Å². The van der Waals surface area contributed by atoms with Gasteiger partial charge in [-0.2, -0.15) is 5.10 Å². The third kappa shape index (κ3) is 4.26. The topological polar surface area (TPSA) is 91.0 Å². The standard InChI is InChI=1S/C28H30FN5O3/c1-17-25(18(2)34(32-17)22-5-3-21(29)4-6-22)27(36)33-11-8-28(9-12-33)14-20(28)15-31-26(35)23-13-19-7-10-30-16-24(19)37-23/h3-7,10,13,16,18,20,25H,8-9,11-12,14-15H2,1-2H3,(H,31,35). The number of hydrazone groups is 1. The number of nitrogens with one attached hydrogen (secondary N) is 1. The van der Waals surface area contributed by atoms with Crippen LogP contribution in [-0.4, -0.2) is 53.1 Å². The molecule has 3 aromatic rings. The number of hydrogen-bond donors (Lipinski definition) is 1. The van der Waals surface area contributed by atoms with Crippen LogP contribution in [0.3, 0.4) is 0 Å². The zero-order valence-electron chi connectivity index (χ0n) is 21.0. The number of benzene rings is 1. The number of anilines is 1. The number of nitrogens with zero attached hydrogens (tertiary/aromatic N) is 4. The number of carbonyl (C=O) groups is 2. The number of rotatable bonds is 5. The summed E-state index contributed by atoms with van der Waals surface area (Å²) in [6, 6.07) is 9.64. The molecule has 4 heterocycles. The molecule has 2 aliphatic heterocycles. The fourth-order valence-corrected chi connectivity index (χ4v) is 6.09. The van der Waals surface area contributed by atoms with Crippen LogP contribution in [0.1, 0.15) is 43.7 Å². The van der Waals surface area contributed by atoms with Crippen LogP contribution in [0.4, 0.5) is 10.1 Å². The van der Waals surface area contributed by atoms with Crippen LogP contribution in [0.5, 0.6) is 0 Å². The Morgan fingerprint density at radius 3 is 2.68 bits per heavy atom. The van der Waals surface area contributed by atoms with Gasteiger partial charge < -0.3 is 14.6 Å². The van der Waals surface area contributed by atoms with E-state index < -0.39 is 0 Å². The molecule has 1 saturated heterocycles. The van der Waals surface area contributed by atoms with Gasteiger partial charge in [-0.05, 0) is 80.8 Å². The molecule has 3 atom stereocenters. The van der Waals surface area contributed by atoms with Gasteiger partial charge in [0.2, 0.25) is 5.91 Å². The van der Waals surface area contributed by atoms with Crippen molar-refractivity contribution in [2.75, 3.05) is 24.6 Å². The average Bonchev–Trinajstić information content (AvgIpc) is 3.23. The third-order valence-corrected chi connectivity index (χ3v) is 8.43. The molecule has 1 saturated carbocycles. The summed E-state index contributed by atoms with van der Waals surface area (Å²) in [4.78, 5) is 32.1. The summed E-state index contributed by atoms with van der Waals surface area (Å²) in [6.45, 7) is 5.93. The first-order chi connectivity index (χ1) is 17.8. The Morgan fingerprint density at radius 1 is 1.19 bits per heavy atom. The van der Waals surface area contributed by atoms with Crippen molar-refractivity contribution in [3.63, 3.8) is 0 Å². The first-order valence-electron chi connectivity index (χ1n) is 12.9. The van der Waals surface area contributed by atoms with Crippen LogP contribution in [0.2, 0.25) is 0 Å². The first-order valence-corrected chi connectivity index (χ1v) is 12.9. The second kappa shape index (κ2) is 8.97. The molecule has 1 spiro atoms. The Labute approximate surface area is 214 Å². The van der Waals surface area contributed by atoms with Gasteiger partial charge in [-0.25, -0.2) is 4.39 Å². The van der Waals surface area contributed by atoms with Crippen molar-refractivity contribution < 1.29 is 18.4 Å². The average molecular weight is 504 g/mol. The van der Waals surface area contributed by atoms with E-state index in [9.17, 15) is 14.0 Å². The van der Waals surface area contributed by atoms with Crippen LogP contribution in [0.15, 0.2) is 58.3 Å². The molecule has 1 N–H and O–H groups in total. The number of aromatic nitrogens is 1. The fraction of sp³-hybridized carbons (Fsp3) is 0.429. The van der Waals surface area contributed by atoms with Crippen molar-refractivity contribution >= 4 is 34.2 Å². The molecule has 2 aromatic heterocycles. The molecule has 6 rings (SSSR count). The normalized spacial score (nSPS) is 24.4. The maximum absolute atomic E-state index is 13.5. The van der Waals surface area contributed by atoms with E-state index in [1.807, 2.05) is 29.8 Å². The van der Waals surface area contributed by atoms with E-state index in [0.717, 1.165) is 36.0 Å². The summed E-state index contributed by atoms with van der Waals surface area (Å²) in [6.07, 6.45) is 6.23. The second-order valence-electron chi connectivity index (χ2n) is 10.6. The van der Waals surface area contributed by atoms with Crippen LogP contribution in [0.25, 0.3) is 11.0 Å². The first kappa shape index (κ1) is 23.6. The Kier molecular flexibility index (Phi) is 5.73. The minimum atomic E-state index is -0.313. The number of piperidine rings is 1. The van der Waals surface area contributed by atoms with Crippen LogP contribution in [-0.2, 0) is 4.79 Å². The number of likely N-dealkylation sites (tertiary alicyclic amines) is 1. The van der Waals surface area contributed by atoms with E-state index >= 15 is 0 Å². The van der Waals surface area contributed by atoms with Gasteiger partial charge in [-0.3, -0.25) is 19.6 Å². The molecule has 37 heavy (non-hydrogen) atoms. The minimum absolute atomic E-state index is 0.109. The van der Waals surface area contributed by atoms with Crippen molar-refractivity contribution in [2.24, 2.45) is 22.4 Å². The number of amides is 2. The summed E-state index contributed by atoms with van der Waals surface area (Å²) >= 11 is 0. The van der Waals surface area contributed by atoms with Gasteiger partial charge in [-0.15, -0.1) is 0 Å². The smallest absolute Gasteiger partial charge is 0.287 e. The largest absolute Gasteiger partial charge is 0.449 e. The Morgan fingerprint density at radius 2 is 1.95 bits per heavy atom.